The first-order valence-corrected chi connectivity index (χ1v) is 9.12. The molecule has 1 N–H and O–H groups in total. The van der Waals surface area contributed by atoms with Gasteiger partial charge >= 0.3 is 0 Å². The average molecular weight is 368 g/mol. The van der Waals surface area contributed by atoms with Gasteiger partial charge in [0.2, 0.25) is 5.91 Å². The molecule has 0 aliphatic heterocycles. The molecule has 2 amide bonds. The predicted octanol–water partition coefficient (Wildman–Crippen LogP) is 3.24. The maximum Gasteiger partial charge on any atom is 0.253 e. The van der Waals surface area contributed by atoms with Gasteiger partial charge in [-0.3, -0.25) is 9.59 Å². The Kier molecular flexibility index (Phi) is 7.55. The van der Waals surface area contributed by atoms with E-state index >= 15 is 0 Å². The molecule has 0 aliphatic rings. The van der Waals surface area contributed by atoms with Crippen LogP contribution in [0.4, 0.5) is 5.69 Å². The Morgan fingerprint density at radius 1 is 1.07 bits per heavy atom. The third-order valence-electron chi connectivity index (χ3n) is 4.07. The SMILES string of the molecule is COCC(=O)N(Cc1ccc(C)cc1)c1cccc(CC(=O)NC(C)C)c1. The van der Waals surface area contributed by atoms with Crippen LogP contribution in [0.3, 0.4) is 0 Å². The summed E-state index contributed by atoms with van der Waals surface area (Å²) in [6, 6.07) is 15.7. The summed E-state index contributed by atoms with van der Waals surface area (Å²) >= 11 is 0. The van der Waals surface area contributed by atoms with E-state index in [2.05, 4.69) is 5.32 Å². The number of rotatable bonds is 8. The zero-order chi connectivity index (χ0) is 19.8. The Bertz CT molecular complexity index is 769. The van der Waals surface area contributed by atoms with Crippen LogP contribution in [0, 0.1) is 6.92 Å². The molecule has 2 rings (SSSR count). The minimum atomic E-state index is -0.123. The van der Waals surface area contributed by atoms with Gasteiger partial charge in [-0.1, -0.05) is 42.0 Å². The fraction of sp³-hybridized carbons (Fsp3) is 0.364. The van der Waals surface area contributed by atoms with Gasteiger partial charge in [-0.05, 0) is 44.0 Å². The lowest BCUT2D eigenvalue weighted by Crippen LogP contribution is -2.33. The van der Waals surface area contributed by atoms with Crippen molar-refractivity contribution in [3.05, 3.63) is 65.2 Å². The van der Waals surface area contributed by atoms with Crippen molar-refractivity contribution in [1.82, 2.24) is 5.32 Å². The predicted molar refractivity (Wildman–Crippen MR) is 108 cm³/mol. The van der Waals surface area contributed by atoms with Crippen LogP contribution in [-0.4, -0.2) is 31.6 Å². The van der Waals surface area contributed by atoms with Crippen molar-refractivity contribution < 1.29 is 14.3 Å². The molecule has 2 aromatic rings. The molecule has 144 valence electrons. The van der Waals surface area contributed by atoms with Crippen molar-refractivity contribution >= 4 is 17.5 Å². The Balaban J connectivity index is 2.23. The molecule has 0 unspecified atom stereocenters. The van der Waals surface area contributed by atoms with E-state index in [0.717, 1.165) is 16.8 Å². The largest absolute Gasteiger partial charge is 0.375 e. The van der Waals surface area contributed by atoms with Gasteiger partial charge < -0.3 is 15.0 Å². The van der Waals surface area contributed by atoms with Gasteiger partial charge in [0.05, 0.1) is 13.0 Å². The lowest BCUT2D eigenvalue weighted by atomic mass is 10.1. The van der Waals surface area contributed by atoms with Crippen LogP contribution in [-0.2, 0) is 27.3 Å². The van der Waals surface area contributed by atoms with Crippen molar-refractivity contribution in [2.24, 2.45) is 0 Å². The quantitative estimate of drug-likeness (QED) is 0.778. The molecular formula is C22H28N2O3. The topological polar surface area (TPSA) is 58.6 Å². The molecule has 0 heterocycles. The molecule has 0 aromatic heterocycles. The highest BCUT2D eigenvalue weighted by atomic mass is 16.5. The van der Waals surface area contributed by atoms with E-state index in [1.807, 2.05) is 69.3 Å². The Hall–Kier alpha value is -2.66. The Morgan fingerprint density at radius 2 is 1.78 bits per heavy atom. The van der Waals surface area contributed by atoms with Crippen molar-refractivity contribution in [1.29, 1.82) is 0 Å². The third-order valence-corrected chi connectivity index (χ3v) is 4.07. The standard InChI is InChI=1S/C22H28N2O3/c1-16(2)23-21(25)13-19-6-5-7-20(12-19)24(22(26)15-27-4)14-18-10-8-17(3)9-11-18/h5-12,16H,13-15H2,1-4H3,(H,23,25). The average Bonchev–Trinajstić information content (AvgIpc) is 2.60. The number of amides is 2. The van der Waals surface area contributed by atoms with Crippen molar-refractivity contribution in [2.75, 3.05) is 18.6 Å². The second-order valence-corrected chi connectivity index (χ2v) is 6.97. The van der Waals surface area contributed by atoms with Crippen LogP contribution >= 0.6 is 0 Å². The molecule has 0 atom stereocenters. The summed E-state index contributed by atoms with van der Waals surface area (Å²) in [5.74, 6) is -0.155. The Labute approximate surface area is 161 Å². The summed E-state index contributed by atoms with van der Waals surface area (Å²) in [6.07, 6.45) is 0.281. The Morgan fingerprint density at radius 3 is 2.41 bits per heavy atom. The first-order chi connectivity index (χ1) is 12.9. The molecule has 0 radical (unpaired) electrons. The second-order valence-electron chi connectivity index (χ2n) is 6.97. The molecule has 0 saturated carbocycles. The molecule has 5 nitrogen and oxygen atoms in total. The lowest BCUT2D eigenvalue weighted by molar-refractivity contribution is -0.122. The van der Waals surface area contributed by atoms with Gasteiger partial charge in [0.25, 0.3) is 5.91 Å². The summed E-state index contributed by atoms with van der Waals surface area (Å²) in [5, 5.41) is 2.89. The number of anilines is 1. The van der Waals surface area contributed by atoms with Gasteiger partial charge in [-0.25, -0.2) is 0 Å². The van der Waals surface area contributed by atoms with Crippen LogP contribution in [0.25, 0.3) is 0 Å². The van der Waals surface area contributed by atoms with Gasteiger partial charge in [0.1, 0.15) is 6.61 Å². The van der Waals surface area contributed by atoms with E-state index in [9.17, 15) is 9.59 Å². The molecule has 5 heteroatoms. The highest BCUT2D eigenvalue weighted by Crippen LogP contribution is 2.20. The maximum absolute atomic E-state index is 12.6. The van der Waals surface area contributed by atoms with Crippen LogP contribution in [0.2, 0.25) is 0 Å². The normalized spacial score (nSPS) is 10.7. The smallest absolute Gasteiger partial charge is 0.253 e. The first kappa shape index (κ1) is 20.6. The number of nitrogens with one attached hydrogen (secondary N) is 1. The second kappa shape index (κ2) is 9.88. The van der Waals surface area contributed by atoms with Crippen molar-refractivity contribution in [3.8, 4) is 0 Å². The van der Waals surface area contributed by atoms with E-state index in [1.54, 1.807) is 4.90 Å². The van der Waals surface area contributed by atoms with Crippen molar-refractivity contribution in [3.63, 3.8) is 0 Å². The third kappa shape index (κ3) is 6.53. The lowest BCUT2D eigenvalue weighted by Gasteiger charge is -2.23. The fourth-order valence-corrected chi connectivity index (χ4v) is 2.79. The highest BCUT2D eigenvalue weighted by Gasteiger charge is 2.17. The zero-order valence-electron chi connectivity index (χ0n) is 16.5. The summed E-state index contributed by atoms with van der Waals surface area (Å²) in [7, 11) is 1.51. The molecule has 2 aromatic carbocycles. The summed E-state index contributed by atoms with van der Waals surface area (Å²) < 4.78 is 5.05. The first-order valence-electron chi connectivity index (χ1n) is 9.12. The number of aryl methyl sites for hydroxylation is 1. The minimum absolute atomic E-state index is 0.00389. The van der Waals surface area contributed by atoms with Gasteiger partial charge in [0, 0.05) is 18.8 Å². The number of ether oxygens (including phenoxy) is 1. The van der Waals surface area contributed by atoms with Gasteiger partial charge in [0.15, 0.2) is 0 Å². The van der Waals surface area contributed by atoms with Gasteiger partial charge in [-0.15, -0.1) is 0 Å². The van der Waals surface area contributed by atoms with Gasteiger partial charge in [-0.2, -0.15) is 0 Å². The molecular weight excluding hydrogens is 340 g/mol. The van der Waals surface area contributed by atoms with Crippen LogP contribution in [0.5, 0.6) is 0 Å². The monoisotopic (exact) mass is 368 g/mol. The molecule has 0 bridgehead atoms. The summed E-state index contributed by atoms with van der Waals surface area (Å²) in [5.41, 5.74) is 3.83. The van der Waals surface area contributed by atoms with E-state index in [4.69, 9.17) is 4.74 Å². The zero-order valence-corrected chi connectivity index (χ0v) is 16.5. The van der Waals surface area contributed by atoms with E-state index in [0.29, 0.717) is 6.54 Å². The number of methoxy groups -OCH3 is 1. The van der Waals surface area contributed by atoms with Crippen molar-refractivity contribution in [2.45, 2.75) is 39.8 Å². The van der Waals surface area contributed by atoms with E-state index in [-0.39, 0.29) is 30.9 Å². The number of carbonyl (C=O) groups is 2. The summed E-state index contributed by atoms with van der Waals surface area (Å²) in [4.78, 5) is 26.4. The minimum Gasteiger partial charge on any atom is -0.375 e. The molecule has 0 spiro atoms. The molecule has 0 fully saturated rings. The van der Waals surface area contributed by atoms with E-state index in [1.165, 1.54) is 12.7 Å². The molecule has 27 heavy (non-hydrogen) atoms. The number of carbonyl (C=O) groups excluding carboxylic acids is 2. The molecule has 0 aliphatic carbocycles. The van der Waals surface area contributed by atoms with Crippen LogP contribution in [0.15, 0.2) is 48.5 Å². The van der Waals surface area contributed by atoms with Crippen LogP contribution in [0.1, 0.15) is 30.5 Å². The summed E-state index contributed by atoms with van der Waals surface area (Å²) in [6.45, 7) is 6.35. The number of benzene rings is 2. The fourth-order valence-electron chi connectivity index (χ4n) is 2.79. The number of hydrogen-bond donors (Lipinski definition) is 1. The molecule has 0 saturated heterocycles. The van der Waals surface area contributed by atoms with Crippen LogP contribution < -0.4 is 10.2 Å². The van der Waals surface area contributed by atoms with E-state index < -0.39 is 0 Å². The maximum atomic E-state index is 12.6. The number of nitrogens with zero attached hydrogens (tertiary/aromatic N) is 1. The number of hydrogen-bond acceptors (Lipinski definition) is 3. The highest BCUT2D eigenvalue weighted by molar-refractivity contribution is 5.94.